The van der Waals surface area contributed by atoms with Crippen LogP contribution in [-0.4, -0.2) is 28.3 Å². The first-order valence-electron chi connectivity index (χ1n) is 7.02. The Balaban J connectivity index is 2.38. The number of para-hydroxylation sites is 1. The number of hydrogen-bond donors (Lipinski definition) is 0. The van der Waals surface area contributed by atoms with Crippen molar-refractivity contribution in [2.75, 3.05) is 13.7 Å². The first kappa shape index (κ1) is 14.3. The van der Waals surface area contributed by atoms with Gasteiger partial charge in [-0.3, -0.25) is 4.98 Å². The van der Waals surface area contributed by atoms with Crippen molar-refractivity contribution in [1.82, 2.24) is 14.5 Å². The normalized spacial score (nSPS) is 14.7. The summed E-state index contributed by atoms with van der Waals surface area (Å²) in [5.41, 5.74) is 2.91. The molecule has 2 aromatic heterocycles. The summed E-state index contributed by atoms with van der Waals surface area (Å²) < 4.78 is 7.50. The van der Waals surface area contributed by atoms with Crippen LogP contribution in [-0.2, 0) is 4.74 Å². The highest BCUT2D eigenvalue weighted by atomic mass is 35.5. The van der Waals surface area contributed by atoms with Crippen LogP contribution in [0.5, 0.6) is 0 Å². The van der Waals surface area contributed by atoms with Crippen molar-refractivity contribution >= 4 is 33.5 Å². The molecule has 0 N–H and O–H groups in total. The van der Waals surface area contributed by atoms with Crippen LogP contribution in [0.1, 0.15) is 31.1 Å². The monoisotopic (exact) mass is 303 g/mol. The molecule has 0 spiro atoms. The fourth-order valence-corrected chi connectivity index (χ4v) is 2.94. The Kier molecular flexibility index (Phi) is 3.83. The molecule has 1 aromatic carbocycles. The fraction of sp³-hybridized carbons (Fsp3) is 0.375. The molecule has 2 unspecified atom stereocenters. The van der Waals surface area contributed by atoms with Gasteiger partial charge in [0, 0.05) is 12.5 Å². The minimum absolute atomic E-state index is 0.155. The maximum Gasteiger partial charge on any atom is 0.128 e. The van der Waals surface area contributed by atoms with Gasteiger partial charge in [-0.1, -0.05) is 18.2 Å². The molecule has 0 fully saturated rings. The number of halogens is 1. The largest absolute Gasteiger partial charge is 0.383 e. The van der Waals surface area contributed by atoms with E-state index in [1.54, 1.807) is 7.11 Å². The lowest BCUT2D eigenvalue weighted by Crippen LogP contribution is -2.14. The molecule has 2 atom stereocenters. The zero-order valence-electron chi connectivity index (χ0n) is 12.4. The van der Waals surface area contributed by atoms with Crippen LogP contribution in [0.2, 0.25) is 0 Å². The summed E-state index contributed by atoms with van der Waals surface area (Å²) in [6.07, 6.45) is 1.82. The topological polar surface area (TPSA) is 39.9 Å². The van der Waals surface area contributed by atoms with Gasteiger partial charge in [-0.25, -0.2) is 4.98 Å². The number of fused-ring (bicyclic) bond motifs is 3. The summed E-state index contributed by atoms with van der Waals surface area (Å²) in [6.45, 7) is 4.66. The molecule has 5 heteroatoms. The van der Waals surface area contributed by atoms with E-state index in [1.807, 2.05) is 31.3 Å². The van der Waals surface area contributed by atoms with Crippen LogP contribution < -0.4 is 0 Å². The molecule has 0 saturated carbocycles. The molecule has 0 saturated heterocycles. The van der Waals surface area contributed by atoms with E-state index in [0.29, 0.717) is 6.61 Å². The maximum absolute atomic E-state index is 6.33. The SMILES string of the molecule is COCC(C)n1c(C(C)Cl)nc2cnc3ccccc3c21. The van der Waals surface area contributed by atoms with Gasteiger partial charge in [0.2, 0.25) is 0 Å². The first-order valence-corrected chi connectivity index (χ1v) is 7.45. The molecule has 0 aliphatic heterocycles. The van der Waals surface area contributed by atoms with Gasteiger partial charge in [0.25, 0.3) is 0 Å². The summed E-state index contributed by atoms with van der Waals surface area (Å²) in [5.74, 6) is 0.856. The van der Waals surface area contributed by atoms with E-state index in [9.17, 15) is 0 Å². The summed E-state index contributed by atoms with van der Waals surface area (Å²) in [5, 5.41) is 0.921. The average Bonchev–Trinajstić information content (AvgIpc) is 2.87. The van der Waals surface area contributed by atoms with Crippen LogP contribution in [0.15, 0.2) is 30.5 Å². The van der Waals surface area contributed by atoms with Crippen LogP contribution >= 0.6 is 11.6 Å². The third-order valence-electron chi connectivity index (χ3n) is 3.65. The highest BCUT2D eigenvalue weighted by molar-refractivity contribution is 6.20. The number of ether oxygens (including phenoxy) is 1. The number of hydrogen-bond acceptors (Lipinski definition) is 3. The van der Waals surface area contributed by atoms with Crippen LogP contribution in [0, 0.1) is 0 Å². The van der Waals surface area contributed by atoms with Crippen molar-refractivity contribution in [3.05, 3.63) is 36.3 Å². The maximum atomic E-state index is 6.33. The summed E-state index contributed by atoms with van der Waals surface area (Å²) >= 11 is 6.33. The lowest BCUT2D eigenvalue weighted by atomic mass is 10.2. The Morgan fingerprint density at radius 2 is 2.00 bits per heavy atom. The highest BCUT2D eigenvalue weighted by Gasteiger charge is 2.20. The van der Waals surface area contributed by atoms with Crippen molar-refractivity contribution in [1.29, 1.82) is 0 Å². The van der Waals surface area contributed by atoms with Gasteiger partial charge in [-0.15, -0.1) is 11.6 Å². The lowest BCUT2D eigenvalue weighted by molar-refractivity contribution is 0.162. The Morgan fingerprint density at radius 1 is 1.24 bits per heavy atom. The van der Waals surface area contributed by atoms with Gasteiger partial charge in [0.05, 0.1) is 35.3 Å². The molecular weight excluding hydrogens is 286 g/mol. The number of aromatic nitrogens is 3. The molecule has 110 valence electrons. The molecule has 0 aliphatic rings. The second-order valence-corrected chi connectivity index (χ2v) is 5.92. The van der Waals surface area contributed by atoms with Gasteiger partial charge < -0.3 is 9.30 Å². The number of imidazole rings is 1. The minimum atomic E-state index is -0.171. The number of rotatable bonds is 4. The number of benzene rings is 1. The van der Waals surface area contributed by atoms with Crippen LogP contribution in [0.4, 0.5) is 0 Å². The predicted molar refractivity (Wildman–Crippen MR) is 85.9 cm³/mol. The van der Waals surface area contributed by atoms with Gasteiger partial charge in [-0.05, 0) is 19.9 Å². The van der Waals surface area contributed by atoms with E-state index in [2.05, 4.69) is 27.5 Å². The Morgan fingerprint density at radius 3 is 2.71 bits per heavy atom. The molecule has 3 rings (SSSR count). The Labute approximate surface area is 128 Å². The number of alkyl halides is 1. The molecular formula is C16H18ClN3O. The molecule has 3 aromatic rings. The van der Waals surface area contributed by atoms with Crippen LogP contribution in [0.3, 0.4) is 0 Å². The first-order chi connectivity index (χ1) is 10.1. The van der Waals surface area contributed by atoms with Gasteiger partial charge in [0.15, 0.2) is 0 Å². The third kappa shape index (κ3) is 2.39. The van der Waals surface area contributed by atoms with E-state index in [-0.39, 0.29) is 11.4 Å². The van der Waals surface area contributed by atoms with E-state index in [0.717, 1.165) is 27.8 Å². The third-order valence-corrected chi connectivity index (χ3v) is 3.85. The van der Waals surface area contributed by atoms with Gasteiger partial charge in [0.1, 0.15) is 11.3 Å². The second kappa shape index (κ2) is 5.62. The molecule has 0 radical (unpaired) electrons. The van der Waals surface area contributed by atoms with Crippen LogP contribution in [0.25, 0.3) is 21.9 Å². The Hall–Kier alpha value is -1.65. The van der Waals surface area contributed by atoms with E-state index in [1.165, 1.54) is 0 Å². The highest BCUT2D eigenvalue weighted by Crippen LogP contribution is 2.31. The standard InChI is InChI=1S/C16H18ClN3O/c1-10(9-21-3)20-15-12-6-4-5-7-13(12)18-8-14(15)19-16(20)11(2)17/h4-8,10-11H,9H2,1-3H3. The second-order valence-electron chi connectivity index (χ2n) is 5.27. The summed E-state index contributed by atoms with van der Waals surface area (Å²) in [7, 11) is 1.71. The molecule has 21 heavy (non-hydrogen) atoms. The number of pyridine rings is 1. The zero-order valence-corrected chi connectivity index (χ0v) is 13.1. The van der Waals surface area contributed by atoms with E-state index < -0.39 is 0 Å². The molecule has 2 heterocycles. The quantitative estimate of drug-likeness (QED) is 0.681. The van der Waals surface area contributed by atoms with Crippen molar-refractivity contribution in [3.63, 3.8) is 0 Å². The van der Waals surface area contributed by atoms with Gasteiger partial charge in [-0.2, -0.15) is 0 Å². The molecule has 0 aliphatic carbocycles. The van der Waals surface area contributed by atoms with Gasteiger partial charge >= 0.3 is 0 Å². The Bertz CT molecular complexity index is 782. The van der Waals surface area contributed by atoms with Crippen molar-refractivity contribution in [2.45, 2.75) is 25.3 Å². The number of nitrogens with zero attached hydrogens (tertiary/aromatic N) is 3. The predicted octanol–water partition coefficient (Wildman–Crippen LogP) is 4.09. The minimum Gasteiger partial charge on any atom is -0.383 e. The van der Waals surface area contributed by atoms with Crippen molar-refractivity contribution in [3.8, 4) is 0 Å². The summed E-state index contributed by atoms with van der Waals surface area (Å²) in [6, 6.07) is 8.25. The van der Waals surface area contributed by atoms with E-state index in [4.69, 9.17) is 16.3 Å². The fourth-order valence-electron chi connectivity index (χ4n) is 2.79. The molecule has 0 amide bonds. The zero-order chi connectivity index (χ0) is 15.0. The molecule has 4 nitrogen and oxygen atoms in total. The lowest BCUT2D eigenvalue weighted by Gasteiger charge is -2.18. The average molecular weight is 304 g/mol. The summed E-state index contributed by atoms with van der Waals surface area (Å²) in [4.78, 5) is 9.16. The van der Waals surface area contributed by atoms with Crippen molar-refractivity contribution in [2.24, 2.45) is 0 Å². The van der Waals surface area contributed by atoms with Crippen molar-refractivity contribution < 1.29 is 4.74 Å². The van der Waals surface area contributed by atoms with E-state index >= 15 is 0 Å². The molecule has 0 bridgehead atoms. The smallest absolute Gasteiger partial charge is 0.128 e. The number of methoxy groups -OCH3 is 1.